The van der Waals surface area contributed by atoms with Crippen LogP contribution in [0, 0.1) is 36.1 Å². The van der Waals surface area contributed by atoms with E-state index in [2.05, 4.69) is 4.85 Å². The number of ether oxygens (including phenoxy) is 1. The molecule has 0 radical (unpaired) electrons. The van der Waals surface area contributed by atoms with Gasteiger partial charge in [-0.15, -0.1) is 0 Å². The van der Waals surface area contributed by atoms with Gasteiger partial charge in [0.05, 0.1) is 5.56 Å². The smallest absolute Gasteiger partial charge is 0.326 e. The second kappa shape index (κ2) is 7.96. The second-order valence-corrected chi connectivity index (χ2v) is 11.3. The van der Waals surface area contributed by atoms with Gasteiger partial charge in [-0.05, 0) is 87.2 Å². The van der Waals surface area contributed by atoms with E-state index in [1.165, 1.54) is 17.4 Å². The van der Waals surface area contributed by atoms with Crippen molar-refractivity contribution in [3.05, 3.63) is 40.5 Å². The lowest BCUT2D eigenvalue weighted by atomic mass is 9.49. The Hall–Kier alpha value is -2.62. The van der Waals surface area contributed by atoms with Crippen molar-refractivity contribution in [3.63, 3.8) is 0 Å². The fraction of sp³-hybridized carbons (Fsp3) is 0.667. The summed E-state index contributed by atoms with van der Waals surface area (Å²) in [4.78, 5) is 30.1. The number of carboxylic acid groups (broad SMARTS) is 1. The molecular formula is C27H31FN2O4. The number of carboxylic acids is 1. The van der Waals surface area contributed by atoms with Crippen LogP contribution in [0.15, 0.2) is 12.1 Å². The Morgan fingerprint density at radius 1 is 1.12 bits per heavy atom. The molecular weight excluding hydrogens is 435 g/mol. The summed E-state index contributed by atoms with van der Waals surface area (Å²) in [6.45, 7) is 8.70. The summed E-state index contributed by atoms with van der Waals surface area (Å²) in [6, 6.07) is 1.99. The highest BCUT2D eigenvalue weighted by molar-refractivity contribution is 5.97. The molecule has 7 rings (SSSR count). The number of halogens is 1. The average molecular weight is 467 g/mol. The number of benzene rings is 1. The largest absolute Gasteiger partial charge is 0.485 e. The van der Waals surface area contributed by atoms with Crippen LogP contribution < -0.4 is 4.74 Å². The Bertz CT molecular complexity index is 1050. The normalized spacial score (nSPS) is 35.9. The third-order valence-electron chi connectivity index (χ3n) is 9.36. The first-order chi connectivity index (χ1) is 16.4. The van der Waals surface area contributed by atoms with Crippen molar-refractivity contribution in [2.75, 3.05) is 13.2 Å². The van der Waals surface area contributed by atoms with Crippen molar-refractivity contribution in [2.24, 2.45) is 23.7 Å². The van der Waals surface area contributed by atoms with Crippen molar-refractivity contribution in [3.8, 4) is 5.75 Å². The fourth-order valence-electron chi connectivity index (χ4n) is 7.64. The molecule has 0 unspecified atom stereocenters. The fourth-order valence-corrected chi connectivity index (χ4v) is 7.64. The summed E-state index contributed by atoms with van der Waals surface area (Å²) in [6.07, 6.45) is 8.65. The highest BCUT2D eigenvalue weighted by Crippen LogP contribution is 2.60. The zero-order valence-corrected chi connectivity index (χ0v) is 19.3. The lowest BCUT2D eigenvalue weighted by Gasteiger charge is -2.54. The summed E-state index contributed by atoms with van der Waals surface area (Å²) in [5, 5.41) is 9.44. The van der Waals surface area contributed by atoms with Crippen molar-refractivity contribution in [1.29, 1.82) is 0 Å². The lowest BCUT2D eigenvalue weighted by molar-refractivity contribution is -0.141. The predicted octanol–water partition coefficient (Wildman–Crippen LogP) is 4.89. The Kier molecular flexibility index (Phi) is 5.13. The Morgan fingerprint density at radius 2 is 1.79 bits per heavy atom. The van der Waals surface area contributed by atoms with Gasteiger partial charge in [-0.25, -0.2) is 15.8 Å². The van der Waals surface area contributed by atoms with Gasteiger partial charge in [0.25, 0.3) is 11.4 Å². The summed E-state index contributed by atoms with van der Waals surface area (Å²) in [7, 11) is 0. The lowest BCUT2D eigenvalue weighted by Crippen LogP contribution is -2.58. The average Bonchev–Trinajstić information content (AvgIpc) is 3.53. The SMILES string of the molecule is [C-]#[N+]C1(COc2cc(F)c(C(=O)N3CCC[C@H]3C(=O)O)cc2C2CC2)C2CC3CC(C2)CC1C3. The van der Waals surface area contributed by atoms with E-state index in [0.717, 1.165) is 55.9 Å². The molecule has 6 nitrogen and oxygen atoms in total. The first-order valence-corrected chi connectivity index (χ1v) is 12.8. The van der Waals surface area contributed by atoms with Crippen LogP contribution >= 0.6 is 0 Å². The Morgan fingerprint density at radius 3 is 2.38 bits per heavy atom. The van der Waals surface area contributed by atoms with Gasteiger partial charge in [0.1, 0.15) is 17.6 Å². The molecule has 1 aliphatic heterocycles. The molecule has 0 aromatic heterocycles. The van der Waals surface area contributed by atoms with Gasteiger partial charge < -0.3 is 19.6 Å². The molecule has 1 amide bonds. The highest BCUT2D eigenvalue weighted by Gasteiger charge is 2.63. The van der Waals surface area contributed by atoms with Crippen molar-refractivity contribution in [2.45, 2.75) is 75.3 Å². The summed E-state index contributed by atoms with van der Waals surface area (Å²) in [5.74, 6) is 0.609. The molecule has 1 saturated heterocycles. The van der Waals surface area contributed by atoms with Gasteiger partial charge in [0.2, 0.25) is 0 Å². The third-order valence-corrected chi connectivity index (χ3v) is 9.36. The van der Waals surface area contributed by atoms with E-state index >= 15 is 4.39 Å². The third kappa shape index (κ3) is 3.40. The van der Waals surface area contributed by atoms with E-state index in [-0.39, 0.29) is 18.1 Å². The number of aliphatic carboxylic acids is 1. The molecule has 5 aliphatic carbocycles. The van der Waals surface area contributed by atoms with Gasteiger partial charge >= 0.3 is 5.97 Å². The number of carbonyl (C=O) groups is 2. The first-order valence-electron chi connectivity index (χ1n) is 12.8. The molecule has 1 heterocycles. The first kappa shape index (κ1) is 21.9. The number of hydrogen-bond donors (Lipinski definition) is 1. The quantitative estimate of drug-likeness (QED) is 0.607. The maximum absolute atomic E-state index is 15.2. The van der Waals surface area contributed by atoms with Crippen LogP contribution in [0.1, 0.15) is 79.6 Å². The van der Waals surface area contributed by atoms with Crippen LogP contribution in [0.25, 0.3) is 4.85 Å². The Labute approximate surface area is 199 Å². The number of likely N-dealkylation sites (tertiary alicyclic amines) is 1. The summed E-state index contributed by atoms with van der Waals surface area (Å²) >= 11 is 0. The van der Waals surface area contributed by atoms with Gasteiger partial charge in [-0.1, -0.05) is 0 Å². The Balaban J connectivity index is 1.27. The van der Waals surface area contributed by atoms with Crippen LogP contribution in [-0.2, 0) is 4.79 Å². The zero-order valence-electron chi connectivity index (χ0n) is 19.3. The monoisotopic (exact) mass is 466 g/mol. The minimum Gasteiger partial charge on any atom is -0.485 e. The number of amides is 1. The number of rotatable bonds is 6. The molecule has 6 fully saturated rings. The molecule has 1 aromatic carbocycles. The predicted molar refractivity (Wildman–Crippen MR) is 122 cm³/mol. The summed E-state index contributed by atoms with van der Waals surface area (Å²) < 4.78 is 21.5. The minimum atomic E-state index is -1.05. The molecule has 1 aromatic rings. The van der Waals surface area contributed by atoms with E-state index in [4.69, 9.17) is 11.3 Å². The molecule has 180 valence electrons. The zero-order chi connectivity index (χ0) is 23.6. The van der Waals surface area contributed by atoms with E-state index in [1.807, 2.05) is 0 Å². The maximum atomic E-state index is 15.2. The second-order valence-electron chi connectivity index (χ2n) is 11.3. The van der Waals surface area contributed by atoms with Crippen LogP contribution in [0.5, 0.6) is 5.75 Å². The molecule has 1 N–H and O–H groups in total. The van der Waals surface area contributed by atoms with Gasteiger partial charge in [0, 0.05) is 24.4 Å². The van der Waals surface area contributed by atoms with Crippen molar-refractivity contribution in [1.82, 2.24) is 4.90 Å². The molecule has 4 bridgehead atoms. The van der Waals surface area contributed by atoms with Crippen LogP contribution in [0.2, 0.25) is 0 Å². The van der Waals surface area contributed by atoms with Crippen molar-refractivity contribution < 1.29 is 23.8 Å². The molecule has 34 heavy (non-hydrogen) atoms. The van der Waals surface area contributed by atoms with Crippen LogP contribution in [0.3, 0.4) is 0 Å². The maximum Gasteiger partial charge on any atom is 0.326 e. The summed E-state index contributed by atoms with van der Waals surface area (Å²) in [5.41, 5.74) is 0.223. The van der Waals surface area contributed by atoms with Gasteiger partial charge in [0.15, 0.2) is 6.61 Å². The molecule has 1 atom stereocenters. The van der Waals surface area contributed by atoms with Gasteiger partial charge in [-0.3, -0.25) is 4.79 Å². The van der Waals surface area contributed by atoms with E-state index in [0.29, 0.717) is 37.0 Å². The number of hydrogen-bond acceptors (Lipinski definition) is 3. The van der Waals surface area contributed by atoms with E-state index < -0.39 is 29.3 Å². The van der Waals surface area contributed by atoms with Crippen LogP contribution in [-0.4, -0.2) is 46.6 Å². The number of carbonyl (C=O) groups excluding carboxylic acids is 1. The standard InChI is InChI=1S/C27H31FN2O4/c1-29-27(18-8-15-7-16(10-18)11-19(27)9-15)14-34-24-13-22(28)21(12-20(24)17-4-5-17)25(31)30-6-2-3-23(30)26(32)33/h12-13,15-19,23H,2-11,14H2,(H,32,33)/t15?,16?,18?,19?,23-,27?/m0/s1. The minimum absolute atomic E-state index is 0.0723. The molecule has 5 saturated carbocycles. The molecule has 7 heteroatoms. The van der Waals surface area contributed by atoms with E-state index in [1.54, 1.807) is 6.07 Å². The van der Waals surface area contributed by atoms with Gasteiger partial charge in [-0.2, -0.15) is 0 Å². The molecule has 6 aliphatic rings. The van der Waals surface area contributed by atoms with Crippen LogP contribution in [0.4, 0.5) is 4.39 Å². The molecule has 0 spiro atoms. The highest BCUT2D eigenvalue weighted by atomic mass is 19.1. The van der Waals surface area contributed by atoms with E-state index in [9.17, 15) is 14.7 Å². The van der Waals surface area contributed by atoms with Crippen molar-refractivity contribution >= 4 is 11.9 Å². The number of nitrogens with zero attached hydrogens (tertiary/aromatic N) is 2. The topological polar surface area (TPSA) is 71.2 Å².